The van der Waals surface area contributed by atoms with E-state index in [1.54, 1.807) is 0 Å². The minimum Gasteiger partial charge on any atom is -0.465 e. The molecule has 0 spiro atoms. The summed E-state index contributed by atoms with van der Waals surface area (Å²) in [7, 11) is 0. The van der Waals surface area contributed by atoms with Crippen molar-refractivity contribution < 1.29 is 23.1 Å². The fourth-order valence-corrected chi connectivity index (χ4v) is 1.19. The Morgan fingerprint density at radius 3 is 2.07 bits per heavy atom. The number of halogens is 2. The maximum atomic E-state index is 12.7. The molecule has 0 saturated carbocycles. The van der Waals surface area contributed by atoms with Crippen LogP contribution in [0.25, 0.3) is 0 Å². The maximum Gasteiger partial charge on any atom is 0.325 e. The molecule has 0 radical (unpaired) electrons. The lowest BCUT2D eigenvalue weighted by Gasteiger charge is -2.26. The van der Waals surface area contributed by atoms with Crippen molar-refractivity contribution in [3.05, 3.63) is 0 Å². The van der Waals surface area contributed by atoms with Crippen LogP contribution in [-0.4, -0.2) is 24.8 Å². The lowest BCUT2D eigenvalue weighted by atomic mass is 9.82. The van der Waals surface area contributed by atoms with Crippen LogP contribution >= 0.6 is 0 Å². The first-order valence-electron chi connectivity index (χ1n) is 4.39. The Balaban J connectivity index is 5.04. The highest BCUT2D eigenvalue weighted by molar-refractivity contribution is 6.03. The molecule has 0 aliphatic carbocycles. The lowest BCUT2D eigenvalue weighted by Crippen LogP contribution is -2.45. The molecule has 14 heavy (non-hydrogen) atoms. The lowest BCUT2D eigenvalue weighted by molar-refractivity contribution is -0.170. The van der Waals surface area contributed by atoms with Crippen LogP contribution in [0.2, 0.25) is 0 Å². The van der Waals surface area contributed by atoms with Crippen LogP contribution in [0.15, 0.2) is 0 Å². The van der Waals surface area contributed by atoms with Gasteiger partial charge >= 0.3 is 5.97 Å². The molecule has 0 N–H and O–H groups in total. The van der Waals surface area contributed by atoms with Crippen molar-refractivity contribution in [1.82, 2.24) is 0 Å². The van der Waals surface area contributed by atoms with Crippen LogP contribution in [0.3, 0.4) is 0 Å². The molecular formula is C9H14F2O3. The summed E-state index contributed by atoms with van der Waals surface area (Å²) in [5.41, 5.74) is -2.28. The van der Waals surface area contributed by atoms with Crippen molar-refractivity contribution in [2.75, 3.05) is 6.61 Å². The average molecular weight is 208 g/mol. The topological polar surface area (TPSA) is 43.4 Å². The van der Waals surface area contributed by atoms with Crippen molar-refractivity contribution >= 4 is 11.8 Å². The molecule has 0 heterocycles. The number of esters is 1. The molecule has 0 rings (SSSR count). The normalized spacial score (nSPS) is 15.0. The second-order valence-corrected chi connectivity index (χ2v) is 2.90. The highest BCUT2D eigenvalue weighted by Crippen LogP contribution is 2.32. The van der Waals surface area contributed by atoms with Crippen molar-refractivity contribution in [3.63, 3.8) is 0 Å². The highest BCUT2D eigenvalue weighted by atomic mass is 19.3. The van der Waals surface area contributed by atoms with Gasteiger partial charge < -0.3 is 4.74 Å². The molecule has 0 bridgehead atoms. The van der Waals surface area contributed by atoms with E-state index in [0.29, 0.717) is 0 Å². The number of ether oxygens (including phenoxy) is 1. The largest absolute Gasteiger partial charge is 0.465 e. The smallest absolute Gasteiger partial charge is 0.325 e. The van der Waals surface area contributed by atoms with Crippen LogP contribution in [0.4, 0.5) is 8.78 Å². The van der Waals surface area contributed by atoms with E-state index < -0.39 is 23.6 Å². The zero-order chi connectivity index (χ0) is 11.4. The summed E-state index contributed by atoms with van der Waals surface area (Å²) in [5.74, 6) is -1.99. The summed E-state index contributed by atoms with van der Waals surface area (Å²) in [4.78, 5) is 22.3. The number of rotatable bonds is 5. The molecule has 0 amide bonds. The summed E-state index contributed by atoms with van der Waals surface area (Å²) in [6.07, 6.45) is -3.28. The number of hydrogen-bond donors (Lipinski definition) is 0. The zero-order valence-corrected chi connectivity index (χ0v) is 8.47. The molecule has 0 aromatic heterocycles. The molecule has 82 valence electrons. The number of carbonyl (C=O) groups excluding carboxylic acids is 2. The monoisotopic (exact) mass is 208 g/mol. The van der Waals surface area contributed by atoms with Gasteiger partial charge in [0.1, 0.15) is 0 Å². The molecule has 1 unspecified atom stereocenters. The minimum atomic E-state index is -3.02. The van der Waals surface area contributed by atoms with E-state index in [9.17, 15) is 18.4 Å². The molecule has 0 saturated heterocycles. The Kier molecular flexibility index (Phi) is 4.67. The van der Waals surface area contributed by atoms with Gasteiger partial charge in [0.2, 0.25) is 0 Å². The standard InChI is InChI=1S/C9H14F2O3/c1-4-9(6(3)12,7(10)11)8(13)14-5-2/h7H,4-5H2,1-3H3. The number of Topliss-reactive ketones (excluding diaryl/α,β-unsaturated/α-hetero) is 1. The molecule has 0 aromatic carbocycles. The van der Waals surface area contributed by atoms with Gasteiger partial charge in [-0.3, -0.25) is 9.59 Å². The van der Waals surface area contributed by atoms with Gasteiger partial charge in [-0.15, -0.1) is 0 Å². The van der Waals surface area contributed by atoms with E-state index >= 15 is 0 Å². The van der Waals surface area contributed by atoms with Crippen LogP contribution in [0.1, 0.15) is 27.2 Å². The predicted octanol–water partition coefficient (Wildman–Crippen LogP) is 1.80. The van der Waals surface area contributed by atoms with Crippen LogP contribution in [-0.2, 0) is 14.3 Å². The number of ketones is 1. The van der Waals surface area contributed by atoms with E-state index in [2.05, 4.69) is 4.74 Å². The first-order valence-corrected chi connectivity index (χ1v) is 4.39. The molecule has 3 nitrogen and oxygen atoms in total. The van der Waals surface area contributed by atoms with Gasteiger partial charge in [0.05, 0.1) is 6.61 Å². The van der Waals surface area contributed by atoms with Crippen molar-refractivity contribution in [2.24, 2.45) is 5.41 Å². The SMILES string of the molecule is CCOC(=O)C(CC)(C(C)=O)C(F)F. The van der Waals surface area contributed by atoms with Gasteiger partial charge in [-0.25, -0.2) is 8.78 Å². The number of hydrogen-bond acceptors (Lipinski definition) is 3. The minimum absolute atomic E-state index is 0.0133. The van der Waals surface area contributed by atoms with Gasteiger partial charge in [-0.05, 0) is 20.3 Å². The van der Waals surface area contributed by atoms with Crippen LogP contribution in [0.5, 0.6) is 0 Å². The first-order chi connectivity index (χ1) is 6.43. The Morgan fingerprint density at radius 1 is 1.36 bits per heavy atom. The number of alkyl halides is 2. The highest BCUT2D eigenvalue weighted by Gasteiger charge is 2.51. The summed E-state index contributed by atoms with van der Waals surface area (Å²) < 4.78 is 29.8. The molecule has 0 aliphatic heterocycles. The van der Waals surface area contributed by atoms with Gasteiger partial charge in [0.25, 0.3) is 6.43 Å². The second kappa shape index (κ2) is 5.02. The molecule has 0 aromatic rings. The quantitative estimate of drug-likeness (QED) is 0.511. The van der Waals surface area contributed by atoms with Crippen LogP contribution < -0.4 is 0 Å². The van der Waals surface area contributed by atoms with Crippen LogP contribution in [0, 0.1) is 5.41 Å². The Bertz CT molecular complexity index is 228. The van der Waals surface area contributed by atoms with Crippen molar-refractivity contribution in [3.8, 4) is 0 Å². The number of carbonyl (C=O) groups is 2. The first kappa shape index (κ1) is 13.0. The van der Waals surface area contributed by atoms with E-state index in [0.717, 1.165) is 6.92 Å². The molecule has 0 aliphatic rings. The molecule has 0 fully saturated rings. The van der Waals surface area contributed by atoms with Gasteiger partial charge in [0, 0.05) is 0 Å². The van der Waals surface area contributed by atoms with Gasteiger partial charge in [0.15, 0.2) is 11.2 Å². The van der Waals surface area contributed by atoms with E-state index in [1.165, 1.54) is 13.8 Å². The van der Waals surface area contributed by atoms with E-state index in [1.807, 2.05) is 0 Å². The molecule has 5 heteroatoms. The molecule has 1 atom stereocenters. The third-order valence-electron chi connectivity index (χ3n) is 2.20. The van der Waals surface area contributed by atoms with E-state index in [-0.39, 0.29) is 13.0 Å². The Hall–Kier alpha value is -1.00. The Labute approximate surface area is 81.4 Å². The second-order valence-electron chi connectivity index (χ2n) is 2.90. The molecular weight excluding hydrogens is 194 g/mol. The summed E-state index contributed by atoms with van der Waals surface area (Å²) in [6.45, 7) is 3.83. The average Bonchev–Trinajstić information content (AvgIpc) is 2.05. The van der Waals surface area contributed by atoms with Crippen molar-refractivity contribution in [1.29, 1.82) is 0 Å². The third-order valence-corrected chi connectivity index (χ3v) is 2.20. The fourth-order valence-electron chi connectivity index (χ4n) is 1.19. The fraction of sp³-hybridized carbons (Fsp3) is 0.778. The van der Waals surface area contributed by atoms with Gasteiger partial charge in [-0.2, -0.15) is 0 Å². The third kappa shape index (κ3) is 2.08. The summed E-state index contributed by atoms with van der Waals surface area (Å²) >= 11 is 0. The van der Waals surface area contributed by atoms with Gasteiger partial charge in [-0.1, -0.05) is 6.92 Å². The Morgan fingerprint density at radius 2 is 1.86 bits per heavy atom. The zero-order valence-electron chi connectivity index (χ0n) is 8.47. The van der Waals surface area contributed by atoms with Crippen molar-refractivity contribution in [2.45, 2.75) is 33.6 Å². The predicted molar refractivity (Wildman–Crippen MR) is 46.0 cm³/mol. The van der Waals surface area contributed by atoms with E-state index in [4.69, 9.17) is 0 Å². The maximum absolute atomic E-state index is 12.7. The summed E-state index contributed by atoms with van der Waals surface area (Å²) in [5, 5.41) is 0. The summed E-state index contributed by atoms with van der Waals surface area (Å²) in [6, 6.07) is 0.